The maximum atomic E-state index is 11.0. The van der Waals surface area contributed by atoms with Gasteiger partial charge < -0.3 is 29.3 Å². The SMILES string of the molecule is C=CC1Cc2cc(OCCCOC)c(OC)cc2-c2cc(=N)c(CN(C)CC(=O)O)cn21. The number of carbonyl (C=O) groups is 1. The predicted octanol–water partition coefficient (Wildman–Crippen LogP) is 2.86. The van der Waals surface area contributed by atoms with Crippen LogP contribution in [0.1, 0.15) is 23.6 Å². The lowest BCUT2D eigenvalue weighted by molar-refractivity contribution is -0.138. The van der Waals surface area contributed by atoms with Crippen molar-refractivity contribution in [2.24, 2.45) is 0 Å². The van der Waals surface area contributed by atoms with E-state index in [4.69, 9.17) is 24.7 Å². The highest BCUT2D eigenvalue weighted by Crippen LogP contribution is 2.41. The Morgan fingerprint density at radius 3 is 2.75 bits per heavy atom. The quantitative estimate of drug-likeness (QED) is 0.411. The molecule has 0 saturated carbocycles. The maximum Gasteiger partial charge on any atom is 0.317 e. The van der Waals surface area contributed by atoms with Gasteiger partial charge in [0.1, 0.15) is 0 Å². The van der Waals surface area contributed by atoms with Crippen molar-refractivity contribution in [3.05, 3.63) is 53.5 Å². The van der Waals surface area contributed by atoms with Gasteiger partial charge in [0.25, 0.3) is 0 Å². The van der Waals surface area contributed by atoms with Crippen molar-refractivity contribution in [2.45, 2.75) is 25.4 Å². The van der Waals surface area contributed by atoms with E-state index in [2.05, 4.69) is 11.1 Å². The molecular formula is C24H31N3O5. The van der Waals surface area contributed by atoms with Crippen LogP contribution in [-0.4, -0.2) is 61.6 Å². The van der Waals surface area contributed by atoms with Crippen molar-refractivity contribution in [3.63, 3.8) is 0 Å². The molecule has 32 heavy (non-hydrogen) atoms. The summed E-state index contributed by atoms with van der Waals surface area (Å²) in [7, 11) is 5.02. The van der Waals surface area contributed by atoms with Crippen molar-refractivity contribution >= 4 is 5.97 Å². The maximum absolute atomic E-state index is 11.0. The van der Waals surface area contributed by atoms with E-state index in [0.717, 1.165) is 35.2 Å². The first-order valence-electron chi connectivity index (χ1n) is 10.5. The Labute approximate surface area is 188 Å². The third-order valence-electron chi connectivity index (χ3n) is 5.52. The standard InChI is InChI=1S/C24H31N3O5/c1-5-18-9-16-10-23(32-8-6-7-30-3)22(31-4)11-19(16)21-12-20(25)17(14-27(18)21)13-26(2)15-24(28)29/h5,10-12,14,18,25H,1,6-9,13,15H2,2-4H3,(H,28,29). The molecule has 0 spiro atoms. The van der Waals surface area contributed by atoms with Gasteiger partial charge in [0.05, 0.1) is 37.4 Å². The highest BCUT2D eigenvalue weighted by Gasteiger charge is 2.25. The molecule has 0 saturated heterocycles. The molecule has 1 aromatic carbocycles. The van der Waals surface area contributed by atoms with Crippen LogP contribution in [0.25, 0.3) is 11.3 Å². The second kappa shape index (κ2) is 10.5. The second-order valence-corrected chi connectivity index (χ2v) is 7.93. The van der Waals surface area contributed by atoms with E-state index in [1.165, 1.54) is 0 Å². The molecule has 1 aliphatic heterocycles. The molecule has 0 fully saturated rings. The third-order valence-corrected chi connectivity index (χ3v) is 5.52. The lowest BCUT2D eigenvalue weighted by Crippen LogP contribution is -2.29. The monoisotopic (exact) mass is 441 g/mol. The van der Waals surface area contributed by atoms with Gasteiger partial charge in [0, 0.05) is 44.0 Å². The zero-order chi connectivity index (χ0) is 23.3. The number of hydrogen-bond acceptors (Lipinski definition) is 6. The third kappa shape index (κ3) is 5.20. The average molecular weight is 442 g/mol. The number of fused-ring (bicyclic) bond motifs is 3. The number of carboxylic acids is 1. The van der Waals surface area contributed by atoms with Gasteiger partial charge >= 0.3 is 5.97 Å². The minimum Gasteiger partial charge on any atom is -0.493 e. The van der Waals surface area contributed by atoms with Gasteiger partial charge in [-0.25, -0.2) is 0 Å². The number of aliphatic carboxylic acids is 1. The summed E-state index contributed by atoms with van der Waals surface area (Å²) in [5, 5.41) is 17.9. The summed E-state index contributed by atoms with van der Waals surface area (Å²) in [5.74, 6) is 0.438. The van der Waals surface area contributed by atoms with Gasteiger partial charge in [-0.15, -0.1) is 6.58 Å². The Balaban J connectivity index is 1.99. The molecule has 1 atom stereocenters. The number of nitrogens with one attached hydrogen (secondary N) is 1. The van der Waals surface area contributed by atoms with Crippen molar-refractivity contribution in [1.29, 1.82) is 5.41 Å². The van der Waals surface area contributed by atoms with Gasteiger partial charge in [-0.05, 0) is 37.2 Å². The van der Waals surface area contributed by atoms with Crippen LogP contribution in [0.2, 0.25) is 0 Å². The average Bonchev–Trinajstić information content (AvgIpc) is 2.75. The Hall–Kier alpha value is -3.10. The van der Waals surface area contributed by atoms with Crippen LogP contribution in [0.15, 0.2) is 37.1 Å². The Kier molecular flexibility index (Phi) is 7.71. The van der Waals surface area contributed by atoms with Crippen LogP contribution < -0.4 is 14.8 Å². The number of pyridine rings is 1. The molecule has 8 nitrogen and oxygen atoms in total. The fourth-order valence-corrected chi connectivity index (χ4v) is 3.99. The molecule has 1 unspecified atom stereocenters. The summed E-state index contributed by atoms with van der Waals surface area (Å²) in [6, 6.07) is 5.81. The van der Waals surface area contributed by atoms with E-state index < -0.39 is 5.97 Å². The predicted molar refractivity (Wildman–Crippen MR) is 121 cm³/mol. The van der Waals surface area contributed by atoms with Crippen LogP contribution in [0.5, 0.6) is 11.5 Å². The second-order valence-electron chi connectivity index (χ2n) is 7.93. The summed E-state index contributed by atoms with van der Waals surface area (Å²) < 4.78 is 18.7. The Bertz CT molecular complexity index is 1050. The van der Waals surface area contributed by atoms with E-state index >= 15 is 0 Å². The van der Waals surface area contributed by atoms with Gasteiger partial charge in [0.2, 0.25) is 0 Å². The van der Waals surface area contributed by atoms with E-state index in [-0.39, 0.29) is 12.6 Å². The molecule has 0 aliphatic carbocycles. The van der Waals surface area contributed by atoms with Gasteiger partial charge in [-0.1, -0.05) is 6.08 Å². The summed E-state index contributed by atoms with van der Waals surface area (Å²) in [5.41, 5.74) is 3.75. The van der Waals surface area contributed by atoms with Crippen LogP contribution in [0.3, 0.4) is 0 Å². The first-order chi connectivity index (χ1) is 15.4. The zero-order valence-electron chi connectivity index (χ0n) is 18.9. The van der Waals surface area contributed by atoms with Crippen LogP contribution in [0.4, 0.5) is 0 Å². The number of carboxylic acid groups (broad SMARTS) is 1. The largest absolute Gasteiger partial charge is 0.493 e. The molecule has 2 heterocycles. The first kappa shape index (κ1) is 23.6. The van der Waals surface area contributed by atoms with Gasteiger partial charge in [0.15, 0.2) is 11.5 Å². The molecule has 2 N–H and O–H groups in total. The lowest BCUT2D eigenvalue weighted by atomic mass is 9.91. The summed E-state index contributed by atoms with van der Waals surface area (Å²) in [6.07, 6.45) is 5.35. The lowest BCUT2D eigenvalue weighted by Gasteiger charge is -2.30. The number of methoxy groups -OCH3 is 2. The number of allylic oxidation sites excluding steroid dienone is 1. The van der Waals surface area contributed by atoms with Crippen molar-refractivity contribution in [1.82, 2.24) is 9.47 Å². The highest BCUT2D eigenvalue weighted by atomic mass is 16.5. The van der Waals surface area contributed by atoms with Crippen LogP contribution in [0, 0.1) is 5.41 Å². The van der Waals surface area contributed by atoms with Crippen LogP contribution in [-0.2, 0) is 22.5 Å². The molecule has 0 bridgehead atoms. The van der Waals surface area contributed by atoms with E-state index in [9.17, 15) is 4.79 Å². The number of rotatable bonds is 11. The molecule has 3 rings (SSSR count). The fraction of sp³-hybridized carbons (Fsp3) is 0.417. The van der Waals surface area contributed by atoms with E-state index in [1.807, 2.05) is 30.5 Å². The number of aromatic nitrogens is 1. The van der Waals surface area contributed by atoms with Gasteiger partial charge in [-0.3, -0.25) is 9.69 Å². The molecule has 2 aromatic rings. The molecule has 1 aromatic heterocycles. The minimum atomic E-state index is -0.894. The van der Waals surface area contributed by atoms with Gasteiger partial charge in [-0.2, -0.15) is 0 Å². The first-order valence-corrected chi connectivity index (χ1v) is 10.5. The number of nitrogens with zero attached hydrogens (tertiary/aromatic N) is 2. The topological polar surface area (TPSA) is 97.0 Å². The number of hydrogen-bond donors (Lipinski definition) is 2. The highest BCUT2D eigenvalue weighted by molar-refractivity contribution is 5.71. The van der Waals surface area contributed by atoms with Crippen molar-refractivity contribution in [2.75, 3.05) is 41.0 Å². The van der Waals surface area contributed by atoms with Crippen LogP contribution >= 0.6 is 0 Å². The number of benzene rings is 1. The van der Waals surface area contributed by atoms with Crippen molar-refractivity contribution in [3.8, 4) is 22.8 Å². The molecule has 172 valence electrons. The zero-order valence-corrected chi connectivity index (χ0v) is 18.9. The number of ether oxygens (including phenoxy) is 3. The number of likely N-dealkylation sites (N-methyl/N-ethyl adjacent to an activating group) is 1. The molecule has 0 amide bonds. The van der Waals surface area contributed by atoms with E-state index in [0.29, 0.717) is 36.6 Å². The normalized spacial score (nSPS) is 14.6. The molecule has 0 radical (unpaired) electrons. The molecular weight excluding hydrogens is 410 g/mol. The summed E-state index contributed by atoms with van der Waals surface area (Å²) in [6.45, 7) is 5.46. The fourth-order valence-electron chi connectivity index (χ4n) is 3.99. The molecule has 1 aliphatic rings. The molecule has 8 heteroatoms. The smallest absolute Gasteiger partial charge is 0.317 e. The summed E-state index contributed by atoms with van der Waals surface area (Å²) >= 11 is 0. The van der Waals surface area contributed by atoms with Crippen molar-refractivity contribution < 1.29 is 24.1 Å². The van der Waals surface area contributed by atoms with E-state index in [1.54, 1.807) is 26.2 Å². The summed E-state index contributed by atoms with van der Waals surface area (Å²) in [4.78, 5) is 12.7. The Morgan fingerprint density at radius 1 is 1.31 bits per heavy atom. The Morgan fingerprint density at radius 2 is 2.09 bits per heavy atom. The minimum absolute atomic E-state index is 0.0105.